The number of aliphatic hydroxyl groups is 1. The van der Waals surface area contributed by atoms with Crippen LogP contribution in [0.3, 0.4) is 0 Å². The first-order valence-electron chi connectivity index (χ1n) is 15.9. The topological polar surface area (TPSA) is 102 Å². The van der Waals surface area contributed by atoms with Gasteiger partial charge in [-0.3, -0.25) is 9.59 Å². The Balaban J connectivity index is 1.42. The third-order valence-electron chi connectivity index (χ3n) is 12.2. The number of hydrogen-bond donors (Lipinski definition) is 2. The number of esters is 1. The summed E-state index contributed by atoms with van der Waals surface area (Å²) in [5.41, 5.74) is 0.504. The fourth-order valence-corrected chi connectivity index (χ4v) is 10.1. The quantitative estimate of drug-likeness (QED) is 0.224. The number of carbonyl (C=O) groups is 2. The van der Waals surface area contributed by atoms with Gasteiger partial charge in [0, 0.05) is 17.8 Å². The zero-order chi connectivity index (χ0) is 29.1. The molecule has 0 aromatic rings. The number of hydrogen-bond acceptors (Lipinski definition) is 6. The van der Waals surface area contributed by atoms with Crippen LogP contribution in [0.15, 0.2) is 12.2 Å². The lowest BCUT2D eigenvalue weighted by atomic mass is 9.43. The van der Waals surface area contributed by atoms with Crippen molar-refractivity contribution < 1.29 is 34.0 Å². The van der Waals surface area contributed by atoms with Gasteiger partial charge in [0.1, 0.15) is 0 Å². The molecule has 12 unspecified atom stereocenters. The number of aliphatic carboxylic acids is 1. The van der Waals surface area contributed by atoms with E-state index >= 15 is 0 Å². The smallest absolute Gasteiger partial charge is 0.306 e. The second kappa shape index (κ2) is 11.0. The van der Waals surface area contributed by atoms with Crippen LogP contribution in [-0.4, -0.2) is 52.9 Å². The summed E-state index contributed by atoms with van der Waals surface area (Å²) in [6, 6.07) is 0. The predicted molar refractivity (Wildman–Crippen MR) is 151 cm³/mol. The van der Waals surface area contributed by atoms with Crippen LogP contribution >= 0.6 is 0 Å². The van der Waals surface area contributed by atoms with Crippen LogP contribution in [0.25, 0.3) is 0 Å². The Morgan fingerprint density at radius 3 is 2.52 bits per heavy atom. The second-order valence-corrected chi connectivity index (χ2v) is 14.8. The van der Waals surface area contributed by atoms with Gasteiger partial charge in [-0.15, -0.1) is 0 Å². The standard InChI is InChI=1S/C33H52O7/c1-8-25-18(4)19(5)28(40-27(34)13-17(2)3)31(39-25)38-22-14-23(30(36)37)24-11-12-33-15-21(20(6)29(33)35)9-10-26(33)32(24,7)16-22/h17-19,21-26,28-29,31,35H,6,8-16H2,1-5,7H3,(H,36,37)/t18?,19-,21?,22?,23?,24?,25?,26?,28?,29?,31?,32?,33?/m1/s1. The van der Waals surface area contributed by atoms with Gasteiger partial charge in [-0.05, 0) is 91.9 Å². The molecule has 0 amide bonds. The van der Waals surface area contributed by atoms with Crippen LogP contribution in [0.1, 0.15) is 99.3 Å². The van der Waals surface area contributed by atoms with Gasteiger partial charge in [-0.2, -0.15) is 0 Å². The van der Waals surface area contributed by atoms with Crippen LogP contribution in [0.4, 0.5) is 0 Å². The minimum atomic E-state index is -0.761. The lowest BCUT2D eigenvalue weighted by molar-refractivity contribution is -0.300. The summed E-state index contributed by atoms with van der Waals surface area (Å²) in [4.78, 5) is 25.5. The average molecular weight is 561 g/mol. The van der Waals surface area contributed by atoms with Crippen molar-refractivity contribution in [3.05, 3.63) is 12.2 Å². The first-order valence-corrected chi connectivity index (χ1v) is 15.9. The van der Waals surface area contributed by atoms with Gasteiger partial charge in [0.15, 0.2) is 12.4 Å². The molecule has 0 radical (unpaired) electrons. The van der Waals surface area contributed by atoms with Gasteiger partial charge in [0.25, 0.3) is 0 Å². The van der Waals surface area contributed by atoms with Crippen molar-refractivity contribution in [2.45, 2.75) is 130 Å². The lowest BCUT2D eigenvalue weighted by Crippen LogP contribution is -2.60. The van der Waals surface area contributed by atoms with E-state index in [1.54, 1.807) is 0 Å². The Hall–Kier alpha value is -1.44. The monoisotopic (exact) mass is 560 g/mol. The minimum absolute atomic E-state index is 0.0184. The van der Waals surface area contributed by atoms with Crippen molar-refractivity contribution in [3.63, 3.8) is 0 Å². The van der Waals surface area contributed by atoms with Gasteiger partial charge >= 0.3 is 11.9 Å². The fraction of sp³-hybridized carbons (Fsp3) is 0.879. The lowest BCUT2D eigenvalue weighted by Gasteiger charge is -2.62. The number of carboxylic acid groups (broad SMARTS) is 1. The van der Waals surface area contributed by atoms with E-state index in [2.05, 4.69) is 34.3 Å². The Morgan fingerprint density at radius 2 is 1.88 bits per heavy atom. The van der Waals surface area contributed by atoms with Crippen molar-refractivity contribution in [2.75, 3.05) is 0 Å². The molecule has 2 bridgehead atoms. The van der Waals surface area contributed by atoms with Crippen molar-refractivity contribution in [1.29, 1.82) is 0 Å². The molecule has 2 N–H and O–H groups in total. The van der Waals surface area contributed by atoms with Crippen LogP contribution in [0.2, 0.25) is 0 Å². The zero-order valence-electron chi connectivity index (χ0n) is 25.4. The minimum Gasteiger partial charge on any atom is -0.481 e. The summed E-state index contributed by atoms with van der Waals surface area (Å²) in [6.45, 7) is 16.9. The van der Waals surface area contributed by atoms with Gasteiger partial charge in [0.2, 0.25) is 0 Å². The number of carboxylic acids is 1. The van der Waals surface area contributed by atoms with Gasteiger partial charge in [0.05, 0.1) is 24.2 Å². The van der Waals surface area contributed by atoms with Gasteiger partial charge in [-0.1, -0.05) is 48.1 Å². The van der Waals surface area contributed by atoms with E-state index < -0.39 is 30.4 Å². The normalized spacial score (nSPS) is 48.4. The van der Waals surface area contributed by atoms with Crippen molar-refractivity contribution >= 4 is 11.9 Å². The van der Waals surface area contributed by atoms with E-state index in [-0.39, 0.29) is 58.6 Å². The second-order valence-electron chi connectivity index (χ2n) is 14.8. The van der Waals surface area contributed by atoms with Crippen LogP contribution in [0.5, 0.6) is 0 Å². The highest BCUT2D eigenvalue weighted by atomic mass is 16.7. The van der Waals surface area contributed by atoms with Crippen LogP contribution in [-0.2, 0) is 23.8 Å². The first-order chi connectivity index (χ1) is 18.8. The molecular formula is C33H52O7. The molecule has 7 heteroatoms. The predicted octanol–water partition coefficient (Wildman–Crippen LogP) is 5.98. The molecule has 4 saturated carbocycles. The maximum atomic E-state index is 12.8. The molecule has 1 saturated heterocycles. The Kier molecular flexibility index (Phi) is 8.26. The fourth-order valence-electron chi connectivity index (χ4n) is 10.1. The maximum Gasteiger partial charge on any atom is 0.306 e. The number of fused-ring (bicyclic) bond motifs is 3. The van der Waals surface area contributed by atoms with Crippen LogP contribution in [0, 0.1) is 52.3 Å². The molecule has 0 aromatic carbocycles. The van der Waals surface area contributed by atoms with E-state index in [4.69, 9.17) is 14.2 Å². The molecule has 7 nitrogen and oxygen atoms in total. The Morgan fingerprint density at radius 1 is 1.15 bits per heavy atom. The highest BCUT2D eigenvalue weighted by Crippen LogP contribution is 2.70. The van der Waals surface area contributed by atoms with Crippen LogP contribution < -0.4 is 0 Å². The van der Waals surface area contributed by atoms with Crippen molar-refractivity contribution in [2.24, 2.45) is 52.3 Å². The molecule has 40 heavy (non-hydrogen) atoms. The Bertz CT molecular complexity index is 993. The number of ether oxygens (including phenoxy) is 3. The SMILES string of the molecule is C=C1C2CCC3C4(C)CC(OC5OC(CC)C(C)[C@@H](C)C5OC(=O)CC(C)C)CC(C(=O)O)C4CCC3(C2)C1O. The average Bonchev–Trinajstić information content (AvgIpc) is 3.06. The van der Waals surface area contributed by atoms with E-state index in [1.807, 2.05) is 13.8 Å². The molecule has 1 spiro atoms. The maximum absolute atomic E-state index is 12.8. The highest BCUT2D eigenvalue weighted by molar-refractivity contribution is 5.71. The molecule has 1 heterocycles. The molecular weight excluding hydrogens is 508 g/mol. The third-order valence-corrected chi connectivity index (χ3v) is 12.2. The summed E-state index contributed by atoms with van der Waals surface area (Å²) >= 11 is 0. The molecule has 5 fully saturated rings. The molecule has 4 aliphatic carbocycles. The summed E-state index contributed by atoms with van der Waals surface area (Å²) in [5.74, 6) is -0.417. The molecule has 226 valence electrons. The summed E-state index contributed by atoms with van der Waals surface area (Å²) in [6.07, 6.45) is 4.87. The Labute approximate surface area is 240 Å². The highest BCUT2D eigenvalue weighted by Gasteiger charge is 2.67. The zero-order valence-corrected chi connectivity index (χ0v) is 25.4. The molecule has 5 rings (SSSR count). The van der Waals surface area contributed by atoms with E-state index in [9.17, 15) is 19.8 Å². The van der Waals surface area contributed by atoms with E-state index in [1.165, 1.54) is 0 Å². The third kappa shape index (κ3) is 4.86. The van der Waals surface area contributed by atoms with Crippen molar-refractivity contribution in [3.8, 4) is 0 Å². The molecule has 13 atom stereocenters. The molecule has 1 aliphatic heterocycles. The number of aliphatic hydroxyl groups excluding tert-OH is 1. The van der Waals surface area contributed by atoms with E-state index in [0.29, 0.717) is 18.8 Å². The van der Waals surface area contributed by atoms with Gasteiger partial charge in [-0.25, -0.2) is 0 Å². The number of rotatable bonds is 7. The number of carbonyl (C=O) groups excluding carboxylic acids is 1. The summed E-state index contributed by atoms with van der Waals surface area (Å²) in [5, 5.41) is 21.9. The van der Waals surface area contributed by atoms with E-state index in [0.717, 1.165) is 50.5 Å². The summed E-state index contributed by atoms with van der Waals surface area (Å²) in [7, 11) is 0. The molecule has 0 aromatic heterocycles. The first kappa shape index (κ1) is 30.0. The van der Waals surface area contributed by atoms with Crippen molar-refractivity contribution in [1.82, 2.24) is 0 Å². The largest absolute Gasteiger partial charge is 0.481 e. The summed E-state index contributed by atoms with van der Waals surface area (Å²) < 4.78 is 19.3. The molecule has 5 aliphatic rings. The van der Waals surface area contributed by atoms with Gasteiger partial charge < -0.3 is 24.4 Å².